The average Bonchev–Trinajstić information content (AvgIpc) is 2.99. The molecule has 3 rings (SSSR count). The van der Waals surface area contributed by atoms with Crippen molar-refractivity contribution in [2.24, 2.45) is 5.73 Å². The van der Waals surface area contributed by atoms with Gasteiger partial charge in [0, 0.05) is 24.4 Å². The predicted molar refractivity (Wildman–Crippen MR) is 97.4 cm³/mol. The minimum Gasteiger partial charge on any atom is -0.465 e. The summed E-state index contributed by atoms with van der Waals surface area (Å²) in [4.78, 5) is 19.9. The molecule has 0 unspecified atom stereocenters. The number of esters is 1. The largest absolute Gasteiger partial charge is 0.465 e. The highest BCUT2D eigenvalue weighted by Crippen LogP contribution is 2.20. The number of fused-ring (bicyclic) bond motifs is 1. The molecule has 0 bridgehead atoms. The van der Waals surface area contributed by atoms with Crippen molar-refractivity contribution in [2.45, 2.75) is 6.42 Å². The minimum atomic E-state index is -0.595. The molecule has 3 aromatic rings. The number of hydrogen-bond acceptors (Lipinski definition) is 5. The first-order valence-electron chi connectivity index (χ1n) is 7.82. The molecule has 0 atom stereocenters. The van der Waals surface area contributed by atoms with Crippen LogP contribution in [0.25, 0.3) is 17.8 Å². The molecule has 0 spiro atoms. The number of halogens is 2. The number of methoxy groups -OCH3 is 1. The van der Waals surface area contributed by atoms with Crippen molar-refractivity contribution < 1.29 is 13.9 Å². The van der Waals surface area contributed by atoms with E-state index in [-0.39, 0.29) is 5.15 Å². The van der Waals surface area contributed by atoms with Crippen LogP contribution in [0.15, 0.2) is 30.6 Å². The molecule has 0 aliphatic heterocycles. The Hall–Kier alpha value is -2.77. The molecule has 3 heterocycles. The number of nitrogens with two attached hydrogens (primary N) is 1. The van der Waals surface area contributed by atoms with Crippen LogP contribution in [0.4, 0.5) is 4.39 Å². The average molecular weight is 375 g/mol. The Kier molecular flexibility index (Phi) is 5.29. The maximum absolute atomic E-state index is 14.0. The molecule has 0 amide bonds. The lowest BCUT2D eigenvalue weighted by atomic mass is 10.2. The zero-order valence-corrected chi connectivity index (χ0v) is 14.7. The van der Waals surface area contributed by atoms with Crippen LogP contribution in [0.5, 0.6) is 0 Å². The number of rotatable bonds is 5. The third-order valence-corrected chi connectivity index (χ3v) is 4.12. The molecule has 0 aromatic carbocycles. The van der Waals surface area contributed by atoms with Crippen molar-refractivity contribution >= 4 is 35.4 Å². The van der Waals surface area contributed by atoms with E-state index in [1.807, 2.05) is 4.40 Å². The standard InChI is InChI=1S/C18H16ClFN4O2/c1-26-18(25)12-6-9-24-14(4-7-21)13(23-15(24)10-12)3-2-11-5-8-22-17(19)16(11)20/h2-3,5-6,8-10H,4,7,21H2,1H3/b3-2+. The molecule has 0 radical (unpaired) electrons. The number of carbonyl (C=O) groups excluding carboxylic acids is 1. The predicted octanol–water partition coefficient (Wildman–Crippen LogP) is 2.98. The highest BCUT2D eigenvalue weighted by molar-refractivity contribution is 6.29. The van der Waals surface area contributed by atoms with Crippen molar-refractivity contribution in [3.63, 3.8) is 0 Å². The van der Waals surface area contributed by atoms with Crippen LogP contribution < -0.4 is 5.73 Å². The van der Waals surface area contributed by atoms with Crippen LogP contribution in [0, 0.1) is 5.82 Å². The van der Waals surface area contributed by atoms with Gasteiger partial charge in [0.15, 0.2) is 11.0 Å². The molecule has 8 heteroatoms. The SMILES string of the molecule is COC(=O)c1ccn2c(CCN)c(/C=C/c3ccnc(Cl)c3F)nc2c1. The smallest absolute Gasteiger partial charge is 0.338 e. The van der Waals surface area contributed by atoms with Crippen LogP contribution >= 0.6 is 11.6 Å². The first-order chi connectivity index (χ1) is 12.5. The van der Waals surface area contributed by atoms with Crippen LogP contribution in [0.2, 0.25) is 5.15 Å². The molecule has 0 saturated heterocycles. The number of carbonyl (C=O) groups is 1. The van der Waals surface area contributed by atoms with Gasteiger partial charge in [0.1, 0.15) is 5.65 Å². The van der Waals surface area contributed by atoms with Gasteiger partial charge in [-0.3, -0.25) is 0 Å². The van der Waals surface area contributed by atoms with Gasteiger partial charge >= 0.3 is 5.97 Å². The number of ether oxygens (including phenoxy) is 1. The highest BCUT2D eigenvalue weighted by Gasteiger charge is 2.13. The van der Waals surface area contributed by atoms with Crippen molar-refractivity contribution in [3.8, 4) is 0 Å². The molecular weight excluding hydrogens is 359 g/mol. The number of nitrogens with zero attached hydrogens (tertiary/aromatic N) is 3. The van der Waals surface area contributed by atoms with E-state index >= 15 is 0 Å². The maximum Gasteiger partial charge on any atom is 0.338 e. The van der Waals surface area contributed by atoms with Crippen LogP contribution in [0.1, 0.15) is 27.3 Å². The summed E-state index contributed by atoms with van der Waals surface area (Å²) < 4.78 is 20.6. The molecule has 0 aliphatic rings. The summed E-state index contributed by atoms with van der Waals surface area (Å²) in [5, 5.41) is -0.188. The van der Waals surface area contributed by atoms with Crippen LogP contribution in [-0.2, 0) is 11.2 Å². The summed E-state index contributed by atoms with van der Waals surface area (Å²) >= 11 is 5.70. The van der Waals surface area contributed by atoms with Gasteiger partial charge in [0.2, 0.25) is 0 Å². The first-order valence-corrected chi connectivity index (χ1v) is 8.20. The molecule has 3 aromatic heterocycles. The lowest BCUT2D eigenvalue weighted by molar-refractivity contribution is 0.0600. The summed E-state index contributed by atoms with van der Waals surface area (Å²) in [7, 11) is 1.32. The van der Waals surface area contributed by atoms with Gasteiger partial charge in [-0.2, -0.15) is 0 Å². The normalized spacial score (nSPS) is 11.4. The second-order valence-corrected chi connectivity index (χ2v) is 5.81. The van der Waals surface area contributed by atoms with Gasteiger partial charge in [0.05, 0.1) is 24.1 Å². The van der Waals surface area contributed by atoms with E-state index in [1.54, 1.807) is 30.5 Å². The summed E-state index contributed by atoms with van der Waals surface area (Å²) in [6, 6.07) is 4.80. The van der Waals surface area contributed by atoms with Crippen LogP contribution in [-0.4, -0.2) is 34.0 Å². The van der Waals surface area contributed by atoms with E-state index in [1.165, 1.54) is 19.4 Å². The zero-order chi connectivity index (χ0) is 18.7. The Morgan fingerprint density at radius 3 is 2.96 bits per heavy atom. The number of aromatic nitrogens is 3. The molecular formula is C18H16ClFN4O2. The van der Waals surface area contributed by atoms with Crippen LogP contribution in [0.3, 0.4) is 0 Å². The third-order valence-electron chi connectivity index (χ3n) is 3.86. The Balaban J connectivity index is 2.06. The van der Waals surface area contributed by atoms with Crippen molar-refractivity contribution in [1.29, 1.82) is 0 Å². The molecule has 6 nitrogen and oxygen atoms in total. The second kappa shape index (κ2) is 7.63. The van der Waals surface area contributed by atoms with Gasteiger partial charge in [-0.05, 0) is 36.9 Å². The van der Waals surface area contributed by atoms with E-state index in [2.05, 4.69) is 9.97 Å². The summed E-state index contributed by atoms with van der Waals surface area (Å²) in [5.74, 6) is -1.04. The highest BCUT2D eigenvalue weighted by atomic mass is 35.5. The Morgan fingerprint density at radius 1 is 1.42 bits per heavy atom. The molecule has 26 heavy (non-hydrogen) atoms. The van der Waals surface area contributed by atoms with Gasteiger partial charge in [-0.25, -0.2) is 19.2 Å². The first kappa shape index (κ1) is 18.0. The fourth-order valence-corrected chi connectivity index (χ4v) is 2.77. The monoisotopic (exact) mass is 374 g/mol. The van der Waals surface area contributed by atoms with Gasteiger partial charge in [0.25, 0.3) is 0 Å². The van der Waals surface area contributed by atoms with Crippen molar-refractivity contribution in [3.05, 3.63) is 64.1 Å². The lowest BCUT2D eigenvalue weighted by Gasteiger charge is -2.03. The fourth-order valence-electron chi connectivity index (χ4n) is 2.61. The molecule has 134 valence electrons. The Morgan fingerprint density at radius 2 is 2.23 bits per heavy atom. The molecule has 0 aliphatic carbocycles. The maximum atomic E-state index is 14.0. The minimum absolute atomic E-state index is 0.188. The van der Waals surface area contributed by atoms with E-state index in [4.69, 9.17) is 22.1 Å². The summed E-state index contributed by atoms with van der Waals surface area (Å²) in [6.45, 7) is 0.419. The van der Waals surface area contributed by atoms with E-state index in [9.17, 15) is 9.18 Å². The third kappa shape index (κ3) is 3.44. The second-order valence-electron chi connectivity index (χ2n) is 5.46. The zero-order valence-electron chi connectivity index (χ0n) is 13.9. The van der Waals surface area contributed by atoms with Gasteiger partial charge in [-0.15, -0.1) is 0 Å². The topological polar surface area (TPSA) is 82.5 Å². The summed E-state index contributed by atoms with van der Waals surface area (Å²) in [6.07, 6.45) is 6.99. The van der Waals surface area contributed by atoms with Crippen molar-refractivity contribution in [2.75, 3.05) is 13.7 Å². The van der Waals surface area contributed by atoms with E-state index in [0.717, 1.165) is 5.69 Å². The van der Waals surface area contributed by atoms with E-state index in [0.29, 0.717) is 35.4 Å². The molecule has 0 fully saturated rings. The molecule has 2 N–H and O–H groups in total. The quantitative estimate of drug-likeness (QED) is 0.548. The van der Waals surface area contributed by atoms with Crippen molar-refractivity contribution in [1.82, 2.24) is 14.4 Å². The van der Waals surface area contributed by atoms with E-state index < -0.39 is 11.8 Å². The van der Waals surface area contributed by atoms with Gasteiger partial charge in [-0.1, -0.05) is 11.6 Å². The Bertz CT molecular complexity index is 1000. The number of imidazole rings is 1. The number of pyridine rings is 2. The van der Waals surface area contributed by atoms with Gasteiger partial charge < -0.3 is 14.9 Å². The summed E-state index contributed by atoms with van der Waals surface area (Å²) in [5.41, 5.74) is 8.46. The fraction of sp³-hybridized carbons (Fsp3) is 0.167. The Labute approximate surface area is 154 Å². The molecule has 0 saturated carbocycles. The lowest BCUT2D eigenvalue weighted by Crippen LogP contribution is -2.07. The number of hydrogen-bond donors (Lipinski definition) is 1.